The highest BCUT2D eigenvalue weighted by atomic mass is 16.5. The van der Waals surface area contributed by atoms with Crippen LogP contribution < -0.4 is 9.80 Å². The van der Waals surface area contributed by atoms with Crippen LogP contribution in [0.3, 0.4) is 0 Å². The number of aliphatic hydroxyl groups excluding tert-OH is 1. The van der Waals surface area contributed by atoms with Crippen LogP contribution in [0.1, 0.15) is 44.9 Å². The van der Waals surface area contributed by atoms with Crippen molar-refractivity contribution in [2.24, 2.45) is 23.2 Å². The van der Waals surface area contributed by atoms with Crippen LogP contribution in [-0.4, -0.2) is 64.2 Å². The molecule has 4 bridgehead atoms. The van der Waals surface area contributed by atoms with Gasteiger partial charge in [0.1, 0.15) is 38.8 Å². The number of aliphatic hydroxyl groups is 1. The summed E-state index contributed by atoms with van der Waals surface area (Å²) in [6.07, 6.45) is 9.94. The van der Waals surface area contributed by atoms with Crippen LogP contribution in [0, 0.1) is 23.2 Å². The van der Waals surface area contributed by atoms with Gasteiger partial charge in [0.2, 0.25) is 0 Å². The van der Waals surface area contributed by atoms with Gasteiger partial charge in [0.05, 0.1) is 13.7 Å². The number of rotatable bonds is 7. The lowest BCUT2D eigenvalue weighted by molar-refractivity contribution is -1.00. The molecule has 5 aliphatic rings. The third-order valence-electron chi connectivity index (χ3n) is 7.59. The summed E-state index contributed by atoms with van der Waals surface area (Å²) >= 11 is 0. The second kappa shape index (κ2) is 7.22. The number of likely N-dealkylation sites (N-methyl/N-ethyl adjacent to an activating group) is 1. The third kappa shape index (κ3) is 3.98. The lowest BCUT2D eigenvalue weighted by Gasteiger charge is -2.57. The van der Waals surface area contributed by atoms with E-state index < -0.39 is 0 Å². The highest BCUT2D eigenvalue weighted by Crippen LogP contribution is 2.61. The second-order valence-corrected chi connectivity index (χ2v) is 9.81. The molecule has 0 aromatic heterocycles. The van der Waals surface area contributed by atoms with Crippen LogP contribution in [-0.2, 0) is 4.74 Å². The van der Waals surface area contributed by atoms with Gasteiger partial charge in [-0.25, -0.2) is 0 Å². The van der Waals surface area contributed by atoms with E-state index in [0.29, 0.717) is 12.0 Å². The average molecular weight is 339 g/mol. The predicted octanol–water partition coefficient (Wildman–Crippen LogP) is -0.616. The van der Waals surface area contributed by atoms with Crippen molar-refractivity contribution in [2.75, 3.05) is 53.0 Å². The number of quaternary nitrogens is 2. The summed E-state index contributed by atoms with van der Waals surface area (Å²) in [4.78, 5) is 3.18. The molecule has 5 rings (SSSR count). The normalized spacial score (nSPS) is 45.5. The number of hydrogen-bond donors (Lipinski definition) is 3. The summed E-state index contributed by atoms with van der Waals surface area (Å²) in [6.45, 7) is 7.12. The van der Waals surface area contributed by atoms with Crippen molar-refractivity contribution in [1.29, 1.82) is 0 Å². The zero-order chi connectivity index (χ0) is 16.6. The number of nitrogens with one attached hydrogen (secondary N) is 2. The molecular formula is C20H38N2O2+2. The third-order valence-corrected chi connectivity index (χ3v) is 7.59. The van der Waals surface area contributed by atoms with Crippen LogP contribution in [0.25, 0.3) is 0 Å². The van der Waals surface area contributed by atoms with E-state index in [4.69, 9.17) is 4.74 Å². The van der Waals surface area contributed by atoms with Crippen LogP contribution >= 0.6 is 0 Å². The van der Waals surface area contributed by atoms with Gasteiger partial charge in [0.25, 0.3) is 0 Å². The molecule has 0 aromatic rings. The van der Waals surface area contributed by atoms with E-state index in [0.717, 1.165) is 30.9 Å². The van der Waals surface area contributed by atoms with Gasteiger partial charge in [-0.1, -0.05) is 0 Å². The summed E-state index contributed by atoms with van der Waals surface area (Å²) in [7, 11) is 2.26. The first-order chi connectivity index (χ1) is 11.6. The molecule has 4 aliphatic carbocycles. The van der Waals surface area contributed by atoms with Crippen molar-refractivity contribution < 1.29 is 19.6 Å². The maximum Gasteiger partial charge on any atom is 0.127 e. The summed E-state index contributed by atoms with van der Waals surface area (Å²) in [5.41, 5.74) is 0.616. The molecule has 1 saturated heterocycles. The molecule has 0 spiro atoms. The Morgan fingerprint density at radius 1 is 1.00 bits per heavy atom. The van der Waals surface area contributed by atoms with Crippen molar-refractivity contribution in [3.05, 3.63) is 0 Å². The van der Waals surface area contributed by atoms with Gasteiger partial charge in [-0.2, -0.15) is 0 Å². The van der Waals surface area contributed by atoms with Crippen LogP contribution in [0.5, 0.6) is 0 Å². The molecule has 0 amide bonds. The minimum atomic E-state index is -0.283. The number of hydrogen-bond acceptors (Lipinski definition) is 2. The highest BCUT2D eigenvalue weighted by Gasteiger charge is 2.50. The smallest absolute Gasteiger partial charge is 0.127 e. The molecule has 0 radical (unpaired) electrons. The quantitative estimate of drug-likeness (QED) is 0.542. The maximum atomic E-state index is 10.3. The van der Waals surface area contributed by atoms with Crippen LogP contribution in [0.15, 0.2) is 0 Å². The molecule has 4 saturated carbocycles. The molecule has 4 heteroatoms. The van der Waals surface area contributed by atoms with Crippen LogP contribution in [0.2, 0.25) is 0 Å². The van der Waals surface area contributed by atoms with E-state index >= 15 is 0 Å². The van der Waals surface area contributed by atoms with E-state index in [1.165, 1.54) is 71.1 Å². The first-order valence-electron chi connectivity index (χ1n) is 10.5. The lowest BCUT2D eigenvalue weighted by atomic mass is 9.49. The second-order valence-electron chi connectivity index (χ2n) is 9.81. The molecule has 138 valence electrons. The molecule has 1 atom stereocenters. The summed E-state index contributed by atoms with van der Waals surface area (Å²) in [5, 5.41) is 10.3. The first kappa shape index (κ1) is 17.3. The SMILES string of the molecule is C[NH+]1CC[NH+](C[C@H](O)COCCC23CC4CC(CC(C4)C2)C3)CC1. The Kier molecular flexibility index (Phi) is 5.19. The zero-order valence-electron chi connectivity index (χ0n) is 15.6. The van der Waals surface area contributed by atoms with Gasteiger partial charge in [0.15, 0.2) is 0 Å². The van der Waals surface area contributed by atoms with Crippen molar-refractivity contribution in [3.63, 3.8) is 0 Å². The van der Waals surface area contributed by atoms with Gasteiger partial charge in [-0.3, -0.25) is 0 Å². The zero-order valence-corrected chi connectivity index (χ0v) is 15.6. The largest absolute Gasteiger partial charge is 0.385 e. The van der Waals surface area contributed by atoms with Gasteiger partial charge >= 0.3 is 0 Å². The molecule has 3 N–H and O–H groups in total. The molecule has 1 heterocycles. The number of piperazine rings is 1. The first-order valence-corrected chi connectivity index (χ1v) is 10.5. The summed E-state index contributed by atoms with van der Waals surface area (Å²) in [5.74, 6) is 3.10. The van der Waals surface area contributed by atoms with Gasteiger partial charge < -0.3 is 19.6 Å². The van der Waals surface area contributed by atoms with E-state index in [1.54, 1.807) is 9.80 Å². The Balaban J connectivity index is 1.14. The maximum absolute atomic E-state index is 10.3. The van der Waals surface area contributed by atoms with Crippen molar-refractivity contribution in [1.82, 2.24) is 0 Å². The van der Waals surface area contributed by atoms with E-state index in [1.807, 2.05) is 0 Å². The fourth-order valence-corrected chi connectivity index (χ4v) is 6.73. The minimum absolute atomic E-state index is 0.283. The molecular weight excluding hydrogens is 300 g/mol. The monoisotopic (exact) mass is 338 g/mol. The molecule has 5 fully saturated rings. The van der Waals surface area contributed by atoms with E-state index in [-0.39, 0.29) is 6.10 Å². The van der Waals surface area contributed by atoms with Crippen LogP contribution in [0.4, 0.5) is 0 Å². The highest BCUT2D eigenvalue weighted by molar-refractivity contribution is 5.01. The summed E-state index contributed by atoms with van der Waals surface area (Å²) < 4.78 is 5.93. The van der Waals surface area contributed by atoms with E-state index in [2.05, 4.69) is 7.05 Å². The van der Waals surface area contributed by atoms with Crippen molar-refractivity contribution in [2.45, 2.75) is 51.0 Å². The standard InChI is InChI=1S/C20H36N2O2/c1-21-3-5-22(6-4-21)14-19(23)15-24-7-2-20-11-16-8-17(12-20)10-18(9-16)13-20/h16-19,23H,2-15H2,1H3/p+2/t16?,17?,18?,19-,20?/m0/s1. The molecule has 24 heavy (non-hydrogen) atoms. The Bertz CT molecular complexity index is 385. The average Bonchev–Trinajstić information content (AvgIpc) is 2.53. The topological polar surface area (TPSA) is 38.3 Å². The van der Waals surface area contributed by atoms with E-state index in [9.17, 15) is 5.11 Å². The predicted molar refractivity (Wildman–Crippen MR) is 94.2 cm³/mol. The van der Waals surface area contributed by atoms with Crippen molar-refractivity contribution >= 4 is 0 Å². The van der Waals surface area contributed by atoms with Gasteiger partial charge in [0, 0.05) is 6.61 Å². The molecule has 0 unspecified atom stereocenters. The lowest BCUT2D eigenvalue weighted by Crippen LogP contribution is -3.27. The van der Waals surface area contributed by atoms with Crippen molar-refractivity contribution in [3.8, 4) is 0 Å². The Labute approximate surface area is 147 Å². The molecule has 0 aromatic carbocycles. The van der Waals surface area contributed by atoms with Gasteiger partial charge in [-0.15, -0.1) is 0 Å². The molecule has 1 aliphatic heterocycles. The summed E-state index contributed by atoms with van der Waals surface area (Å²) in [6, 6.07) is 0. The minimum Gasteiger partial charge on any atom is -0.385 e. The van der Waals surface area contributed by atoms with Gasteiger partial charge in [-0.05, 0) is 68.1 Å². The Morgan fingerprint density at radius 2 is 1.58 bits per heavy atom. The fraction of sp³-hybridized carbons (Fsp3) is 1.00. The fourth-order valence-electron chi connectivity index (χ4n) is 6.73. The number of ether oxygens (including phenoxy) is 1. The Hall–Kier alpha value is -0.160. The Morgan fingerprint density at radius 3 is 2.17 bits per heavy atom. The molecule has 4 nitrogen and oxygen atoms in total.